The fourth-order valence-electron chi connectivity index (χ4n) is 3.02. The molecule has 0 radical (unpaired) electrons. The molecule has 20 heavy (non-hydrogen) atoms. The average molecular weight is 274 g/mol. The van der Waals surface area contributed by atoms with Crippen LogP contribution in [0.1, 0.15) is 37.7 Å². The third-order valence-electron chi connectivity index (χ3n) is 4.78. The van der Waals surface area contributed by atoms with Gasteiger partial charge in [-0.25, -0.2) is 0 Å². The van der Waals surface area contributed by atoms with Gasteiger partial charge in [-0.05, 0) is 49.8 Å². The van der Waals surface area contributed by atoms with E-state index in [2.05, 4.69) is 34.5 Å². The van der Waals surface area contributed by atoms with Crippen LogP contribution in [0.5, 0.6) is 0 Å². The normalized spacial score (nSPS) is 20.9. The second kappa shape index (κ2) is 6.15. The van der Waals surface area contributed by atoms with E-state index in [9.17, 15) is 5.11 Å². The standard InChI is InChI=1S/C17H26N2O/c20-14-17(8-9-17)13-18-12-15-4-6-16(7-5-15)19-10-2-1-3-11-19/h4-7,18,20H,1-3,8-14H2. The van der Waals surface area contributed by atoms with Gasteiger partial charge in [-0.1, -0.05) is 12.1 Å². The molecule has 3 rings (SSSR count). The third-order valence-corrected chi connectivity index (χ3v) is 4.78. The van der Waals surface area contributed by atoms with Crippen molar-refractivity contribution in [1.29, 1.82) is 0 Å². The lowest BCUT2D eigenvalue weighted by molar-refractivity contribution is 0.207. The molecule has 0 amide bonds. The number of aliphatic hydroxyl groups excluding tert-OH is 1. The van der Waals surface area contributed by atoms with Gasteiger partial charge in [0.25, 0.3) is 0 Å². The van der Waals surface area contributed by atoms with Crippen LogP contribution in [0.3, 0.4) is 0 Å². The van der Waals surface area contributed by atoms with E-state index in [4.69, 9.17) is 0 Å². The number of nitrogens with one attached hydrogen (secondary N) is 1. The lowest BCUT2D eigenvalue weighted by atomic mass is 10.1. The summed E-state index contributed by atoms with van der Waals surface area (Å²) in [7, 11) is 0. The molecule has 1 aromatic rings. The van der Waals surface area contributed by atoms with Crippen molar-refractivity contribution in [1.82, 2.24) is 5.32 Å². The molecule has 2 N–H and O–H groups in total. The highest BCUT2D eigenvalue weighted by Crippen LogP contribution is 2.44. The number of hydrogen-bond acceptors (Lipinski definition) is 3. The summed E-state index contributed by atoms with van der Waals surface area (Å²) in [5.41, 5.74) is 2.90. The number of nitrogens with zero attached hydrogens (tertiary/aromatic N) is 1. The lowest BCUT2D eigenvalue weighted by Crippen LogP contribution is -2.29. The van der Waals surface area contributed by atoms with Crippen LogP contribution < -0.4 is 10.2 Å². The first kappa shape index (κ1) is 13.9. The van der Waals surface area contributed by atoms with Crippen LogP contribution in [0.4, 0.5) is 5.69 Å². The quantitative estimate of drug-likeness (QED) is 0.837. The van der Waals surface area contributed by atoms with Crippen LogP contribution in [-0.4, -0.2) is 31.3 Å². The summed E-state index contributed by atoms with van der Waals surface area (Å²) >= 11 is 0. The molecular formula is C17H26N2O. The van der Waals surface area contributed by atoms with Crippen molar-refractivity contribution in [2.24, 2.45) is 5.41 Å². The van der Waals surface area contributed by atoms with Gasteiger partial charge >= 0.3 is 0 Å². The molecule has 2 aliphatic rings. The zero-order valence-corrected chi connectivity index (χ0v) is 12.3. The molecule has 110 valence electrons. The highest BCUT2D eigenvalue weighted by molar-refractivity contribution is 5.47. The fourth-order valence-corrected chi connectivity index (χ4v) is 3.02. The molecular weight excluding hydrogens is 248 g/mol. The van der Waals surface area contributed by atoms with Crippen LogP contribution in [0, 0.1) is 5.41 Å². The maximum absolute atomic E-state index is 9.29. The summed E-state index contributed by atoms with van der Waals surface area (Å²) < 4.78 is 0. The van der Waals surface area contributed by atoms with Gasteiger partial charge in [0.2, 0.25) is 0 Å². The second-order valence-electron chi connectivity index (χ2n) is 6.48. The molecule has 2 fully saturated rings. The molecule has 1 aliphatic heterocycles. The summed E-state index contributed by atoms with van der Waals surface area (Å²) in [5, 5.41) is 12.8. The van der Waals surface area contributed by atoms with Crippen LogP contribution in [0.2, 0.25) is 0 Å². The molecule has 1 aliphatic carbocycles. The maximum atomic E-state index is 9.29. The van der Waals surface area contributed by atoms with Gasteiger partial charge in [0.15, 0.2) is 0 Å². The van der Waals surface area contributed by atoms with E-state index in [1.165, 1.54) is 56.4 Å². The van der Waals surface area contributed by atoms with Crippen molar-refractivity contribution < 1.29 is 5.11 Å². The molecule has 3 nitrogen and oxygen atoms in total. The first-order chi connectivity index (χ1) is 9.81. The van der Waals surface area contributed by atoms with Gasteiger partial charge in [0.1, 0.15) is 0 Å². The Bertz CT molecular complexity index is 419. The van der Waals surface area contributed by atoms with Crippen molar-refractivity contribution in [2.45, 2.75) is 38.6 Å². The molecule has 3 heteroatoms. The van der Waals surface area contributed by atoms with E-state index in [1.54, 1.807) is 0 Å². The smallest absolute Gasteiger partial charge is 0.0499 e. The predicted octanol–water partition coefficient (Wildman–Crippen LogP) is 2.54. The Kier molecular flexibility index (Phi) is 4.27. The van der Waals surface area contributed by atoms with Gasteiger partial charge in [0, 0.05) is 43.9 Å². The van der Waals surface area contributed by atoms with Gasteiger partial charge in [-0.15, -0.1) is 0 Å². The summed E-state index contributed by atoms with van der Waals surface area (Å²) in [6.45, 7) is 4.58. The SMILES string of the molecule is OCC1(CNCc2ccc(N3CCCCC3)cc2)CC1. The highest BCUT2D eigenvalue weighted by atomic mass is 16.3. The molecule has 0 atom stereocenters. The third kappa shape index (κ3) is 3.33. The topological polar surface area (TPSA) is 35.5 Å². The van der Waals surface area contributed by atoms with Crippen molar-refractivity contribution in [3.63, 3.8) is 0 Å². The minimum atomic E-state index is 0.202. The van der Waals surface area contributed by atoms with Gasteiger partial charge < -0.3 is 15.3 Å². The zero-order valence-electron chi connectivity index (χ0n) is 12.3. The summed E-state index contributed by atoms with van der Waals surface area (Å²) in [4.78, 5) is 2.49. The minimum absolute atomic E-state index is 0.202. The van der Waals surface area contributed by atoms with Crippen molar-refractivity contribution in [3.05, 3.63) is 29.8 Å². The number of hydrogen-bond donors (Lipinski definition) is 2. The largest absolute Gasteiger partial charge is 0.396 e. The van der Waals surface area contributed by atoms with Crippen LogP contribution in [-0.2, 0) is 6.54 Å². The second-order valence-corrected chi connectivity index (χ2v) is 6.48. The Morgan fingerprint density at radius 1 is 1.05 bits per heavy atom. The van der Waals surface area contributed by atoms with Crippen LogP contribution in [0.25, 0.3) is 0 Å². The van der Waals surface area contributed by atoms with E-state index in [-0.39, 0.29) is 5.41 Å². The summed E-state index contributed by atoms with van der Waals surface area (Å²) in [6.07, 6.45) is 6.37. The predicted molar refractivity (Wildman–Crippen MR) is 83.0 cm³/mol. The number of piperidine rings is 1. The van der Waals surface area contributed by atoms with Gasteiger partial charge in [-0.2, -0.15) is 0 Å². The summed E-state index contributed by atoms with van der Waals surface area (Å²) in [5.74, 6) is 0. The average Bonchev–Trinajstić information content (AvgIpc) is 3.29. The van der Waals surface area contributed by atoms with Gasteiger partial charge in [-0.3, -0.25) is 0 Å². The van der Waals surface area contributed by atoms with E-state index in [1.807, 2.05) is 0 Å². The molecule has 1 aromatic carbocycles. The fraction of sp³-hybridized carbons (Fsp3) is 0.647. The van der Waals surface area contributed by atoms with Gasteiger partial charge in [0.05, 0.1) is 0 Å². The van der Waals surface area contributed by atoms with Crippen molar-refractivity contribution in [2.75, 3.05) is 31.1 Å². The minimum Gasteiger partial charge on any atom is -0.396 e. The first-order valence-corrected chi connectivity index (χ1v) is 7.97. The molecule has 1 saturated carbocycles. The Labute approximate surface area is 122 Å². The molecule has 1 saturated heterocycles. The number of aliphatic hydroxyl groups is 1. The Morgan fingerprint density at radius 3 is 2.35 bits per heavy atom. The van der Waals surface area contributed by atoms with E-state index in [0.29, 0.717) is 6.61 Å². The Balaban J connectivity index is 1.48. The zero-order chi connectivity index (χ0) is 13.8. The molecule has 0 aromatic heterocycles. The number of benzene rings is 1. The van der Waals surface area contributed by atoms with Crippen LogP contribution in [0.15, 0.2) is 24.3 Å². The van der Waals surface area contributed by atoms with E-state index in [0.717, 1.165) is 13.1 Å². The van der Waals surface area contributed by atoms with Crippen LogP contribution >= 0.6 is 0 Å². The number of anilines is 1. The monoisotopic (exact) mass is 274 g/mol. The number of rotatable bonds is 6. The van der Waals surface area contributed by atoms with E-state index < -0.39 is 0 Å². The lowest BCUT2D eigenvalue weighted by Gasteiger charge is -2.28. The first-order valence-electron chi connectivity index (χ1n) is 7.97. The molecule has 1 heterocycles. The van der Waals surface area contributed by atoms with Crippen molar-refractivity contribution in [3.8, 4) is 0 Å². The molecule has 0 bridgehead atoms. The molecule has 0 unspecified atom stereocenters. The Hall–Kier alpha value is -1.06. The molecule has 0 spiro atoms. The highest BCUT2D eigenvalue weighted by Gasteiger charge is 2.41. The summed E-state index contributed by atoms with van der Waals surface area (Å²) in [6, 6.07) is 8.97. The van der Waals surface area contributed by atoms with Crippen molar-refractivity contribution >= 4 is 5.69 Å². The van der Waals surface area contributed by atoms with E-state index >= 15 is 0 Å². The Morgan fingerprint density at radius 2 is 1.75 bits per heavy atom. The maximum Gasteiger partial charge on any atom is 0.0499 e.